The first-order valence-corrected chi connectivity index (χ1v) is 16.0. The van der Waals surface area contributed by atoms with Gasteiger partial charge in [-0.25, -0.2) is 8.42 Å². The SMILES string of the molecule is CC[C@@H](C(=O)NC1CCCCC1)N(Cc1cccc(OC)c1)C(=O)CN(c1ccccc1C)S(=O)(=O)c1ccccc1. The van der Waals surface area contributed by atoms with Crippen molar-refractivity contribution >= 4 is 27.5 Å². The van der Waals surface area contributed by atoms with Gasteiger partial charge in [-0.15, -0.1) is 0 Å². The lowest BCUT2D eigenvalue weighted by Gasteiger charge is -2.34. The molecular weight excluding hydrogens is 550 g/mol. The Labute approximate surface area is 249 Å². The molecule has 0 radical (unpaired) electrons. The number of ether oxygens (including phenoxy) is 1. The minimum absolute atomic E-state index is 0.0796. The van der Waals surface area contributed by atoms with Crippen LogP contribution in [0.3, 0.4) is 0 Å². The Morgan fingerprint density at radius 1 is 0.952 bits per heavy atom. The molecule has 0 aromatic heterocycles. The van der Waals surface area contributed by atoms with E-state index in [2.05, 4.69) is 5.32 Å². The molecule has 9 heteroatoms. The minimum atomic E-state index is -4.10. The summed E-state index contributed by atoms with van der Waals surface area (Å²) in [5, 5.41) is 3.17. The van der Waals surface area contributed by atoms with Crippen LogP contribution < -0.4 is 14.4 Å². The highest BCUT2D eigenvalue weighted by Gasteiger charge is 2.34. The van der Waals surface area contributed by atoms with E-state index < -0.39 is 28.5 Å². The molecule has 8 nitrogen and oxygen atoms in total. The van der Waals surface area contributed by atoms with Crippen LogP contribution in [0, 0.1) is 6.92 Å². The number of hydrogen-bond donors (Lipinski definition) is 1. The summed E-state index contributed by atoms with van der Waals surface area (Å²) in [5.74, 6) is -0.0481. The van der Waals surface area contributed by atoms with Crippen molar-refractivity contribution in [3.8, 4) is 5.75 Å². The average Bonchev–Trinajstić information content (AvgIpc) is 3.01. The number of hydrogen-bond acceptors (Lipinski definition) is 5. The number of aryl methyl sites for hydroxylation is 1. The van der Waals surface area contributed by atoms with Crippen molar-refractivity contribution in [2.45, 2.75) is 75.9 Å². The lowest BCUT2D eigenvalue weighted by Crippen LogP contribution is -2.54. The van der Waals surface area contributed by atoms with Gasteiger partial charge in [0.25, 0.3) is 10.0 Å². The molecule has 1 N–H and O–H groups in total. The molecule has 4 rings (SSSR count). The van der Waals surface area contributed by atoms with Crippen molar-refractivity contribution < 1.29 is 22.7 Å². The third-order valence-electron chi connectivity index (χ3n) is 7.82. The number of nitrogens with zero attached hydrogens (tertiary/aromatic N) is 2. The lowest BCUT2D eigenvalue weighted by atomic mass is 9.95. The summed E-state index contributed by atoms with van der Waals surface area (Å²) in [6.07, 6.45) is 5.51. The zero-order chi connectivity index (χ0) is 30.1. The van der Waals surface area contributed by atoms with Crippen LogP contribution >= 0.6 is 0 Å². The molecule has 0 heterocycles. The molecule has 1 fully saturated rings. The predicted octanol–water partition coefficient (Wildman–Crippen LogP) is 5.46. The average molecular weight is 592 g/mol. The van der Waals surface area contributed by atoms with Crippen LogP contribution in [-0.2, 0) is 26.2 Å². The largest absolute Gasteiger partial charge is 0.497 e. The smallest absolute Gasteiger partial charge is 0.264 e. The molecule has 3 aromatic carbocycles. The van der Waals surface area contributed by atoms with Gasteiger partial charge in [0, 0.05) is 12.6 Å². The molecule has 1 atom stereocenters. The Bertz CT molecular complexity index is 1460. The third-order valence-corrected chi connectivity index (χ3v) is 9.59. The van der Waals surface area contributed by atoms with Gasteiger partial charge in [-0.3, -0.25) is 13.9 Å². The van der Waals surface area contributed by atoms with Crippen LogP contribution in [0.5, 0.6) is 5.75 Å². The zero-order valence-corrected chi connectivity index (χ0v) is 25.5. The molecule has 3 aromatic rings. The van der Waals surface area contributed by atoms with Crippen LogP contribution in [0.4, 0.5) is 5.69 Å². The second-order valence-corrected chi connectivity index (χ2v) is 12.6. The van der Waals surface area contributed by atoms with Gasteiger partial charge in [0.2, 0.25) is 11.8 Å². The standard InChI is InChI=1S/C33H41N3O5S/c1-4-30(33(38)34-27-16-7-5-8-17-27)35(23-26-15-13-18-28(22-26)41-3)32(37)24-36(31-21-12-11-14-25(31)2)42(39,40)29-19-9-6-10-20-29/h6,9-15,18-22,27,30H,4-5,7-8,16-17,23-24H2,1-3H3,(H,34,38)/t30-/m0/s1. The first kappa shape index (κ1) is 31.1. The Morgan fingerprint density at radius 2 is 1.64 bits per heavy atom. The number of benzene rings is 3. The van der Waals surface area contributed by atoms with Crippen molar-refractivity contribution in [3.63, 3.8) is 0 Å². The Kier molecular flexibility index (Phi) is 10.6. The lowest BCUT2D eigenvalue weighted by molar-refractivity contribution is -0.140. The summed E-state index contributed by atoms with van der Waals surface area (Å²) in [6, 6.07) is 21.8. The third kappa shape index (κ3) is 7.50. The molecule has 42 heavy (non-hydrogen) atoms. The highest BCUT2D eigenvalue weighted by atomic mass is 32.2. The Hall–Kier alpha value is -3.85. The van der Waals surface area contributed by atoms with E-state index in [1.807, 2.05) is 50.2 Å². The maximum Gasteiger partial charge on any atom is 0.264 e. The van der Waals surface area contributed by atoms with E-state index in [9.17, 15) is 18.0 Å². The fourth-order valence-electron chi connectivity index (χ4n) is 5.51. The quantitative estimate of drug-likeness (QED) is 0.302. The maximum absolute atomic E-state index is 14.3. The topological polar surface area (TPSA) is 96.0 Å². The van der Waals surface area contributed by atoms with Crippen molar-refractivity contribution in [2.75, 3.05) is 18.0 Å². The van der Waals surface area contributed by atoms with Crippen molar-refractivity contribution in [3.05, 3.63) is 90.0 Å². The summed E-state index contributed by atoms with van der Waals surface area (Å²) >= 11 is 0. The molecule has 0 spiro atoms. The molecule has 2 amide bonds. The van der Waals surface area contributed by atoms with E-state index in [0.717, 1.165) is 42.0 Å². The van der Waals surface area contributed by atoms with Gasteiger partial charge >= 0.3 is 0 Å². The maximum atomic E-state index is 14.3. The van der Waals surface area contributed by atoms with Crippen LogP contribution in [0.1, 0.15) is 56.6 Å². The van der Waals surface area contributed by atoms with Gasteiger partial charge in [-0.05, 0) is 67.6 Å². The number of rotatable bonds is 12. The molecule has 1 saturated carbocycles. The molecule has 0 bridgehead atoms. The second-order valence-electron chi connectivity index (χ2n) is 10.8. The molecule has 0 saturated heterocycles. The fraction of sp³-hybridized carbons (Fsp3) is 0.394. The van der Waals surface area contributed by atoms with Crippen LogP contribution in [0.2, 0.25) is 0 Å². The molecule has 0 unspecified atom stereocenters. The van der Waals surface area contributed by atoms with Gasteiger partial charge in [-0.2, -0.15) is 0 Å². The van der Waals surface area contributed by atoms with Gasteiger partial charge < -0.3 is 15.0 Å². The Balaban J connectivity index is 1.71. The van der Waals surface area contributed by atoms with Crippen LogP contribution in [0.15, 0.2) is 83.8 Å². The fourth-order valence-corrected chi connectivity index (χ4v) is 7.01. The number of amides is 2. The monoisotopic (exact) mass is 591 g/mol. The zero-order valence-electron chi connectivity index (χ0n) is 24.7. The van der Waals surface area contributed by atoms with Crippen molar-refractivity contribution in [1.82, 2.24) is 10.2 Å². The summed E-state index contributed by atoms with van der Waals surface area (Å²) < 4.78 is 34.5. The highest BCUT2D eigenvalue weighted by Crippen LogP contribution is 2.28. The molecule has 1 aliphatic carbocycles. The number of carbonyl (C=O) groups is 2. The van der Waals surface area contributed by atoms with Crippen LogP contribution in [0.25, 0.3) is 0 Å². The van der Waals surface area contributed by atoms with Gasteiger partial charge in [-0.1, -0.05) is 74.7 Å². The minimum Gasteiger partial charge on any atom is -0.497 e. The normalized spacial score (nSPS) is 14.5. The van der Waals surface area contributed by atoms with Crippen molar-refractivity contribution in [1.29, 1.82) is 0 Å². The van der Waals surface area contributed by atoms with E-state index in [0.29, 0.717) is 23.4 Å². The number of sulfonamides is 1. The summed E-state index contributed by atoms with van der Waals surface area (Å²) in [7, 11) is -2.53. The first-order valence-electron chi connectivity index (χ1n) is 14.6. The molecule has 1 aliphatic rings. The van der Waals surface area contributed by atoms with E-state index in [-0.39, 0.29) is 23.4 Å². The van der Waals surface area contributed by atoms with E-state index >= 15 is 0 Å². The van der Waals surface area contributed by atoms with E-state index in [1.54, 1.807) is 37.4 Å². The molecule has 0 aliphatic heterocycles. The number of nitrogens with one attached hydrogen (secondary N) is 1. The highest BCUT2D eigenvalue weighted by molar-refractivity contribution is 7.92. The number of para-hydroxylation sites is 1. The first-order chi connectivity index (χ1) is 20.2. The Morgan fingerprint density at radius 3 is 2.31 bits per heavy atom. The van der Waals surface area contributed by atoms with Crippen molar-refractivity contribution in [2.24, 2.45) is 0 Å². The summed E-state index contributed by atoms with van der Waals surface area (Å²) in [4.78, 5) is 29.5. The summed E-state index contributed by atoms with van der Waals surface area (Å²) in [6.45, 7) is 3.35. The summed E-state index contributed by atoms with van der Waals surface area (Å²) in [5.41, 5.74) is 1.90. The van der Waals surface area contributed by atoms with E-state index in [1.165, 1.54) is 17.0 Å². The van der Waals surface area contributed by atoms with Gasteiger partial charge in [0.1, 0.15) is 18.3 Å². The van der Waals surface area contributed by atoms with Gasteiger partial charge in [0.15, 0.2) is 0 Å². The number of methoxy groups -OCH3 is 1. The number of carbonyl (C=O) groups excluding carboxylic acids is 2. The van der Waals surface area contributed by atoms with E-state index in [4.69, 9.17) is 4.74 Å². The van der Waals surface area contributed by atoms with Gasteiger partial charge in [0.05, 0.1) is 17.7 Å². The number of anilines is 1. The van der Waals surface area contributed by atoms with Crippen LogP contribution in [-0.4, -0.2) is 50.9 Å². The second kappa shape index (κ2) is 14.4. The molecule has 224 valence electrons. The predicted molar refractivity (Wildman–Crippen MR) is 165 cm³/mol. The molecular formula is C33H41N3O5S.